The minimum absolute atomic E-state index is 0.270. The monoisotopic (exact) mass is 333 g/mol. The fourth-order valence-electron chi connectivity index (χ4n) is 2.02. The van der Waals surface area contributed by atoms with Gasteiger partial charge in [0.05, 0.1) is 25.3 Å². The van der Waals surface area contributed by atoms with E-state index >= 15 is 0 Å². The molecule has 9 heteroatoms. The highest BCUT2D eigenvalue weighted by Crippen LogP contribution is 2.29. The summed E-state index contributed by atoms with van der Waals surface area (Å²) in [6.45, 7) is -0.352. The van der Waals surface area contributed by atoms with Crippen molar-refractivity contribution >= 4 is 17.3 Å². The number of carbonyl (C=O) groups excluding carboxylic acids is 1. The Morgan fingerprint density at radius 2 is 1.92 bits per heavy atom. The first-order valence-corrected chi connectivity index (χ1v) is 6.81. The maximum absolute atomic E-state index is 12.1. The molecule has 0 saturated carbocycles. The number of amides is 1. The average Bonchev–Trinajstić information content (AvgIpc) is 2.56. The third kappa shape index (κ3) is 3.88. The number of hydrogen-bond donors (Lipinski definition) is 1. The molecule has 2 rings (SSSR count). The van der Waals surface area contributed by atoms with E-state index in [0.29, 0.717) is 17.2 Å². The van der Waals surface area contributed by atoms with Crippen LogP contribution in [0, 0.1) is 10.1 Å². The Labute approximate surface area is 136 Å². The van der Waals surface area contributed by atoms with E-state index in [-0.39, 0.29) is 12.2 Å². The van der Waals surface area contributed by atoms with Crippen molar-refractivity contribution in [3.63, 3.8) is 0 Å². The van der Waals surface area contributed by atoms with Gasteiger partial charge in [-0.05, 0) is 12.1 Å². The van der Waals surface area contributed by atoms with Crippen LogP contribution in [0.3, 0.4) is 0 Å². The van der Waals surface area contributed by atoms with Crippen LogP contribution in [-0.4, -0.2) is 29.6 Å². The number of rotatable bonds is 6. The molecule has 0 saturated heterocycles. The topological polar surface area (TPSA) is 113 Å². The zero-order valence-electron chi connectivity index (χ0n) is 13.0. The molecule has 1 amide bonds. The van der Waals surface area contributed by atoms with Crippen molar-refractivity contribution in [3.8, 4) is 11.5 Å². The highest BCUT2D eigenvalue weighted by Gasteiger charge is 2.12. The van der Waals surface area contributed by atoms with Crippen LogP contribution in [0.5, 0.6) is 11.5 Å². The van der Waals surface area contributed by atoms with E-state index in [1.165, 1.54) is 14.2 Å². The maximum Gasteiger partial charge on any atom is 0.285 e. The van der Waals surface area contributed by atoms with Crippen molar-refractivity contribution in [2.75, 3.05) is 19.5 Å². The van der Waals surface area contributed by atoms with Gasteiger partial charge in [0.25, 0.3) is 11.2 Å². The number of aromatic nitrogens is 1. The van der Waals surface area contributed by atoms with E-state index in [4.69, 9.17) is 9.47 Å². The van der Waals surface area contributed by atoms with Crippen LogP contribution in [0.2, 0.25) is 0 Å². The van der Waals surface area contributed by atoms with Gasteiger partial charge in [-0.1, -0.05) is 0 Å². The van der Waals surface area contributed by atoms with Crippen molar-refractivity contribution in [1.82, 2.24) is 4.57 Å². The lowest BCUT2D eigenvalue weighted by atomic mass is 10.2. The average molecular weight is 333 g/mol. The third-order valence-corrected chi connectivity index (χ3v) is 3.16. The summed E-state index contributed by atoms with van der Waals surface area (Å²) in [6, 6.07) is 6.92. The van der Waals surface area contributed by atoms with Gasteiger partial charge < -0.3 is 14.8 Å². The molecule has 0 fully saturated rings. The second-order valence-electron chi connectivity index (χ2n) is 4.73. The van der Waals surface area contributed by atoms with Gasteiger partial charge in [0, 0.05) is 23.9 Å². The molecule has 126 valence electrons. The lowest BCUT2D eigenvalue weighted by molar-refractivity contribution is -0.385. The Balaban J connectivity index is 2.15. The molecule has 0 unspecified atom stereocenters. The Kier molecular flexibility index (Phi) is 5.15. The third-order valence-electron chi connectivity index (χ3n) is 3.16. The van der Waals surface area contributed by atoms with Crippen LogP contribution in [0.4, 0.5) is 11.4 Å². The van der Waals surface area contributed by atoms with Crippen molar-refractivity contribution in [2.24, 2.45) is 0 Å². The minimum atomic E-state index is -0.637. The summed E-state index contributed by atoms with van der Waals surface area (Å²) < 4.78 is 11.2. The van der Waals surface area contributed by atoms with Gasteiger partial charge >= 0.3 is 0 Å². The van der Waals surface area contributed by atoms with Crippen LogP contribution in [0.15, 0.2) is 41.3 Å². The molecular formula is C15H15N3O6. The molecule has 0 radical (unpaired) electrons. The smallest absolute Gasteiger partial charge is 0.285 e. The fourth-order valence-corrected chi connectivity index (χ4v) is 2.02. The standard InChI is InChI=1S/C15H15N3O6/c1-23-12-5-3-10(7-13(12)24-2)16-14(19)9-17-8-11(18(21)22)4-6-15(17)20/h3-8H,9H2,1-2H3,(H,16,19). The molecule has 0 aliphatic heterocycles. The van der Waals surface area contributed by atoms with Crippen molar-refractivity contribution in [3.05, 3.63) is 57.0 Å². The van der Waals surface area contributed by atoms with Crippen LogP contribution < -0.4 is 20.3 Å². The summed E-state index contributed by atoms with van der Waals surface area (Å²) in [5, 5.41) is 13.3. The van der Waals surface area contributed by atoms with E-state index in [9.17, 15) is 19.7 Å². The highest BCUT2D eigenvalue weighted by atomic mass is 16.6. The fraction of sp³-hybridized carbons (Fsp3) is 0.200. The number of anilines is 1. The van der Waals surface area contributed by atoms with E-state index in [1.54, 1.807) is 18.2 Å². The number of pyridine rings is 1. The second kappa shape index (κ2) is 7.27. The molecule has 1 N–H and O–H groups in total. The summed E-state index contributed by atoms with van der Waals surface area (Å²) in [7, 11) is 2.96. The number of hydrogen-bond acceptors (Lipinski definition) is 6. The molecule has 1 aromatic heterocycles. The van der Waals surface area contributed by atoms with Gasteiger partial charge in [-0.25, -0.2) is 0 Å². The molecular weight excluding hydrogens is 318 g/mol. The van der Waals surface area contributed by atoms with Crippen molar-refractivity contribution in [1.29, 1.82) is 0 Å². The predicted molar refractivity (Wildman–Crippen MR) is 85.5 cm³/mol. The number of nitro groups is 1. The normalized spacial score (nSPS) is 10.1. The number of ether oxygens (including phenoxy) is 2. The largest absolute Gasteiger partial charge is 0.493 e. The maximum atomic E-state index is 12.1. The number of nitrogens with one attached hydrogen (secondary N) is 1. The van der Waals surface area contributed by atoms with Crippen LogP contribution >= 0.6 is 0 Å². The summed E-state index contributed by atoms with van der Waals surface area (Å²) in [5.74, 6) is 0.429. The highest BCUT2D eigenvalue weighted by molar-refractivity contribution is 5.91. The van der Waals surface area contributed by atoms with Gasteiger partial charge in [0.15, 0.2) is 11.5 Å². The second-order valence-corrected chi connectivity index (χ2v) is 4.73. The SMILES string of the molecule is COc1ccc(NC(=O)Cn2cc([N+](=O)[O-])ccc2=O)cc1OC. The summed E-state index contributed by atoms with van der Waals surface area (Å²) in [4.78, 5) is 33.8. The number of methoxy groups -OCH3 is 2. The lowest BCUT2D eigenvalue weighted by Crippen LogP contribution is -2.26. The Bertz CT molecular complexity index is 830. The predicted octanol–water partition coefficient (Wildman–Crippen LogP) is 1.41. The molecule has 0 bridgehead atoms. The molecule has 1 aromatic carbocycles. The first kappa shape index (κ1) is 17.0. The Morgan fingerprint density at radius 3 is 2.54 bits per heavy atom. The van der Waals surface area contributed by atoms with Crippen LogP contribution in [-0.2, 0) is 11.3 Å². The lowest BCUT2D eigenvalue weighted by Gasteiger charge is -2.11. The van der Waals surface area contributed by atoms with Crippen LogP contribution in [0.1, 0.15) is 0 Å². The van der Waals surface area contributed by atoms with Gasteiger partial charge in [-0.2, -0.15) is 0 Å². The first-order valence-electron chi connectivity index (χ1n) is 6.81. The van der Waals surface area contributed by atoms with Gasteiger partial charge in [-0.3, -0.25) is 24.3 Å². The molecule has 9 nitrogen and oxygen atoms in total. The summed E-state index contributed by atoms with van der Waals surface area (Å²) in [5.41, 5.74) is -0.340. The van der Waals surface area contributed by atoms with Crippen molar-refractivity contribution in [2.45, 2.75) is 6.54 Å². The number of benzene rings is 1. The van der Waals surface area contributed by atoms with Gasteiger partial charge in [-0.15, -0.1) is 0 Å². The van der Waals surface area contributed by atoms with Crippen LogP contribution in [0.25, 0.3) is 0 Å². The Hall–Kier alpha value is -3.36. The molecule has 1 heterocycles. The minimum Gasteiger partial charge on any atom is -0.493 e. The molecule has 0 aliphatic rings. The quantitative estimate of drug-likeness (QED) is 0.632. The van der Waals surface area contributed by atoms with Gasteiger partial charge in [0.2, 0.25) is 5.91 Å². The molecule has 0 atom stereocenters. The molecule has 2 aromatic rings. The first-order chi connectivity index (χ1) is 11.4. The number of carbonyl (C=O) groups is 1. The summed E-state index contributed by atoms with van der Waals surface area (Å²) >= 11 is 0. The van der Waals surface area contributed by atoms with E-state index in [2.05, 4.69) is 5.32 Å². The zero-order chi connectivity index (χ0) is 17.7. The molecule has 0 spiro atoms. The van der Waals surface area contributed by atoms with E-state index < -0.39 is 16.4 Å². The van der Waals surface area contributed by atoms with E-state index in [1.807, 2.05) is 0 Å². The molecule has 24 heavy (non-hydrogen) atoms. The van der Waals surface area contributed by atoms with Crippen molar-refractivity contribution < 1.29 is 19.2 Å². The number of nitrogens with zero attached hydrogens (tertiary/aromatic N) is 2. The zero-order valence-corrected chi connectivity index (χ0v) is 13.0. The van der Waals surface area contributed by atoms with E-state index in [0.717, 1.165) is 22.9 Å². The molecule has 0 aliphatic carbocycles. The summed E-state index contributed by atoms with van der Waals surface area (Å²) in [6.07, 6.45) is 1.02. The van der Waals surface area contributed by atoms with Gasteiger partial charge in [0.1, 0.15) is 6.54 Å². The Morgan fingerprint density at radius 1 is 1.21 bits per heavy atom.